The lowest BCUT2D eigenvalue weighted by Gasteiger charge is -2.19. The first-order chi connectivity index (χ1) is 18.6. The summed E-state index contributed by atoms with van der Waals surface area (Å²) < 4.78 is 10.6. The molecule has 0 bridgehead atoms. The van der Waals surface area contributed by atoms with E-state index in [-0.39, 0.29) is 13.2 Å². The molecule has 0 radical (unpaired) electrons. The third kappa shape index (κ3) is 4.84. The van der Waals surface area contributed by atoms with Gasteiger partial charge in [0.2, 0.25) is 0 Å². The summed E-state index contributed by atoms with van der Waals surface area (Å²) in [6, 6.07) is 32.8. The van der Waals surface area contributed by atoms with Crippen LogP contribution in [0.25, 0.3) is 43.8 Å². The minimum Gasteiger partial charge on any atom is -0.458 e. The summed E-state index contributed by atoms with van der Waals surface area (Å²) in [4.78, 5) is 23.3. The maximum Gasteiger partial charge on any atom is 0.330 e. The summed E-state index contributed by atoms with van der Waals surface area (Å²) in [7, 11) is 0. The highest BCUT2D eigenvalue weighted by atomic mass is 16.5. The number of rotatable bonds is 8. The van der Waals surface area contributed by atoms with E-state index in [0.29, 0.717) is 0 Å². The zero-order valence-corrected chi connectivity index (χ0v) is 20.9. The van der Waals surface area contributed by atoms with Crippen LogP contribution in [0.5, 0.6) is 0 Å². The smallest absolute Gasteiger partial charge is 0.330 e. The first kappa shape index (κ1) is 24.7. The molecule has 186 valence electrons. The monoisotopic (exact) mass is 498 g/mol. The fraction of sp³-hybridized carbons (Fsp3) is 0.0588. The molecule has 4 heteroatoms. The van der Waals surface area contributed by atoms with Gasteiger partial charge in [-0.3, -0.25) is 0 Å². The van der Waals surface area contributed by atoms with Gasteiger partial charge in [-0.15, -0.1) is 0 Å². The minimum atomic E-state index is -0.451. The number of hydrogen-bond acceptors (Lipinski definition) is 4. The first-order valence-corrected chi connectivity index (χ1v) is 12.3. The topological polar surface area (TPSA) is 52.6 Å². The van der Waals surface area contributed by atoms with Crippen LogP contribution in [0.3, 0.4) is 0 Å². The van der Waals surface area contributed by atoms with Crippen molar-refractivity contribution in [2.45, 2.75) is 13.2 Å². The van der Waals surface area contributed by atoms with Gasteiger partial charge in [-0.1, -0.05) is 110 Å². The summed E-state index contributed by atoms with van der Waals surface area (Å²) >= 11 is 0. The summed E-state index contributed by atoms with van der Waals surface area (Å²) in [6.07, 6.45) is 2.34. The van der Waals surface area contributed by atoms with Gasteiger partial charge < -0.3 is 9.47 Å². The van der Waals surface area contributed by atoms with Crippen molar-refractivity contribution in [1.29, 1.82) is 0 Å². The van der Waals surface area contributed by atoms with E-state index in [9.17, 15) is 9.59 Å². The Hall–Kier alpha value is -4.96. The van der Waals surface area contributed by atoms with Gasteiger partial charge in [0.05, 0.1) is 0 Å². The second-order valence-corrected chi connectivity index (χ2v) is 8.82. The third-order valence-electron chi connectivity index (χ3n) is 6.55. The standard InChI is InChI=1S/C34H26O4/c1-3-31(35)37-21-23-17-19-24(20-18-23)33-27-13-7-9-15-29(27)34(30-16-10-8-14-28(30)33)26-12-6-5-11-25(26)22-38-32(36)4-2/h3-20H,1-2,21-22H2. The summed E-state index contributed by atoms with van der Waals surface area (Å²) in [5.74, 6) is -0.895. The maximum absolute atomic E-state index is 11.8. The van der Waals surface area contributed by atoms with Crippen LogP contribution < -0.4 is 0 Å². The van der Waals surface area contributed by atoms with Crippen molar-refractivity contribution >= 4 is 33.5 Å². The van der Waals surface area contributed by atoms with Crippen LogP contribution in [0.15, 0.2) is 122 Å². The van der Waals surface area contributed by atoms with E-state index in [1.165, 1.54) is 6.08 Å². The number of esters is 2. The summed E-state index contributed by atoms with van der Waals surface area (Å²) in [5.41, 5.74) is 6.13. The van der Waals surface area contributed by atoms with Crippen molar-refractivity contribution in [3.63, 3.8) is 0 Å². The predicted octanol–water partition coefficient (Wildman–Crippen LogP) is 7.79. The lowest BCUT2D eigenvalue weighted by Crippen LogP contribution is -2.02. The number of carbonyl (C=O) groups excluding carboxylic acids is 2. The SMILES string of the molecule is C=CC(=O)OCc1ccc(-c2c3ccccc3c(-c3ccccc3COC(=O)C=C)c3ccccc23)cc1. The number of benzene rings is 5. The second kappa shape index (κ2) is 11.0. The lowest BCUT2D eigenvalue weighted by atomic mass is 9.85. The molecule has 0 aliphatic carbocycles. The summed E-state index contributed by atoms with van der Waals surface area (Å²) in [5, 5.41) is 4.44. The highest BCUT2D eigenvalue weighted by Crippen LogP contribution is 2.44. The largest absolute Gasteiger partial charge is 0.458 e. The molecule has 0 saturated carbocycles. The third-order valence-corrected chi connectivity index (χ3v) is 6.55. The van der Waals surface area contributed by atoms with Gasteiger partial charge in [-0.2, -0.15) is 0 Å². The van der Waals surface area contributed by atoms with Crippen molar-refractivity contribution in [2.24, 2.45) is 0 Å². The van der Waals surface area contributed by atoms with Crippen LogP contribution in [0.1, 0.15) is 11.1 Å². The van der Waals surface area contributed by atoms with Gasteiger partial charge in [0.15, 0.2) is 0 Å². The maximum atomic E-state index is 11.8. The van der Waals surface area contributed by atoms with Crippen molar-refractivity contribution < 1.29 is 19.1 Å². The van der Waals surface area contributed by atoms with Gasteiger partial charge >= 0.3 is 11.9 Å². The van der Waals surface area contributed by atoms with Crippen molar-refractivity contribution in [3.05, 3.63) is 133 Å². The van der Waals surface area contributed by atoms with E-state index in [0.717, 1.165) is 61.0 Å². The average molecular weight is 499 g/mol. The van der Waals surface area contributed by atoms with Crippen LogP contribution in [0, 0.1) is 0 Å². The van der Waals surface area contributed by atoms with Gasteiger partial charge in [0.25, 0.3) is 0 Å². The molecule has 0 atom stereocenters. The number of ether oxygens (including phenoxy) is 2. The fourth-order valence-corrected chi connectivity index (χ4v) is 4.81. The van der Waals surface area contributed by atoms with Crippen LogP contribution in [0.4, 0.5) is 0 Å². The molecule has 38 heavy (non-hydrogen) atoms. The second-order valence-electron chi connectivity index (χ2n) is 8.82. The van der Waals surface area contributed by atoms with Crippen LogP contribution in [-0.2, 0) is 32.3 Å². The average Bonchev–Trinajstić information content (AvgIpc) is 2.98. The van der Waals surface area contributed by atoms with E-state index in [4.69, 9.17) is 9.47 Å². The molecule has 5 aromatic rings. The molecule has 5 aromatic carbocycles. The van der Waals surface area contributed by atoms with Gasteiger partial charge in [0.1, 0.15) is 13.2 Å². The molecule has 0 aromatic heterocycles. The minimum absolute atomic E-state index is 0.156. The van der Waals surface area contributed by atoms with Gasteiger partial charge in [-0.25, -0.2) is 9.59 Å². The molecule has 0 N–H and O–H groups in total. The molecule has 0 aliphatic heterocycles. The Balaban J connectivity index is 1.70. The Kier molecular flexibility index (Phi) is 7.14. The normalized spacial score (nSPS) is 10.7. The van der Waals surface area contributed by atoms with Crippen molar-refractivity contribution in [2.75, 3.05) is 0 Å². The molecule has 0 fully saturated rings. The van der Waals surface area contributed by atoms with Gasteiger partial charge in [0, 0.05) is 12.2 Å². The molecule has 0 saturated heterocycles. The van der Waals surface area contributed by atoms with E-state index < -0.39 is 11.9 Å². The Morgan fingerprint density at radius 1 is 0.579 bits per heavy atom. The summed E-state index contributed by atoms with van der Waals surface area (Å²) in [6.45, 7) is 7.29. The van der Waals surface area contributed by atoms with Crippen molar-refractivity contribution in [1.82, 2.24) is 0 Å². The number of fused-ring (bicyclic) bond motifs is 2. The molecule has 4 nitrogen and oxygen atoms in total. The molecule has 0 amide bonds. The first-order valence-electron chi connectivity index (χ1n) is 12.3. The lowest BCUT2D eigenvalue weighted by molar-refractivity contribution is -0.139. The zero-order chi connectivity index (χ0) is 26.5. The van der Waals surface area contributed by atoms with Crippen LogP contribution in [-0.4, -0.2) is 11.9 Å². The molecular weight excluding hydrogens is 472 g/mol. The molecule has 5 rings (SSSR count). The van der Waals surface area contributed by atoms with E-state index in [1.807, 2.05) is 54.6 Å². The van der Waals surface area contributed by atoms with E-state index >= 15 is 0 Å². The van der Waals surface area contributed by atoms with E-state index in [2.05, 4.69) is 55.6 Å². The number of hydrogen-bond donors (Lipinski definition) is 0. The Bertz CT molecular complexity index is 1620. The number of carbonyl (C=O) groups is 2. The highest BCUT2D eigenvalue weighted by Gasteiger charge is 2.18. The van der Waals surface area contributed by atoms with Crippen LogP contribution in [0.2, 0.25) is 0 Å². The Labute approximate surface area is 221 Å². The fourth-order valence-electron chi connectivity index (χ4n) is 4.81. The van der Waals surface area contributed by atoms with E-state index in [1.54, 1.807) is 0 Å². The predicted molar refractivity (Wildman–Crippen MR) is 152 cm³/mol. The molecule has 0 heterocycles. The zero-order valence-electron chi connectivity index (χ0n) is 20.9. The van der Waals surface area contributed by atoms with Crippen molar-refractivity contribution in [3.8, 4) is 22.3 Å². The molecule has 0 unspecified atom stereocenters. The Morgan fingerprint density at radius 2 is 1.05 bits per heavy atom. The molecule has 0 aliphatic rings. The molecular formula is C34H26O4. The van der Waals surface area contributed by atoms with Crippen LogP contribution >= 0.6 is 0 Å². The quantitative estimate of drug-likeness (QED) is 0.124. The molecule has 0 spiro atoms. The van der Waals surface area contributed by atoms with Gasteiger partial charge in [-0.05, 0) is 54.9 Å². The Morgan fingerprint density at radius 3 is 1.61 bits per heavy atom. The highest BCUT2D eigenvalue weighted by molar-refractivity contribution is 6.21.